The molecule has 0 radical (unpaired) electrons. The Kier molecular flexibility index (Phi) is 5.87. The zero-order valence-electron chi connectivity index (χ0n) is 15.7. The molecule has 0 aliphatic carbocycles. The monoisotopic (exact) mass is 360 g/mol. The Hall–Kier alpha value is -3.14. The number of aryl methyl sites for hydroxylation is 2. The van der Waals surface area contributed by atoms with Gasteiger partial charge < -0.3 is 10.0 Å². The van der Waals surface area contributed by atoms with Crippen molar-refractivity contribution in [3.05, 3.63) is 89.2 Å². The molecule has 1 heterocycles. The topological polar surface area (TPSA) is 53.4 Å². The van der Waals surface area contributed by atoms with Gasteiger partial charge in [-0.25, -0.2) is 4.79 Å². The lowest BCUT2D eigenvalue weighted by Gasteiger charge is -2.28. The highest BCUT2D eigenvalue weighted by Gasteiger charge is 2.18. The molecule has 0 bridgehead atoms. The van der Waals surface area contributed by atoms with E-state index in [1.807, 2.05) is 30.5 Å². The average molecular weight is 360 g/mol. The van der Waals surface area contributed by atoms with E-state index in [2.05, 4.69) is 41.9 Å². The number of benzene rings is 2. The van der Waals surface area contributed by atoms with E-state index in [1.165, 1.54) is 16.7 Å². The van der Waals surface area contributed by atoms with E-state index in [0.717, 1.165) is 30.8 Å². The van der Waals surface area contributed by atoms with Crippen LogP contribution in [0.2, 0.25) is 0 Å². The Bertz CT molecular complexity index is 923. The highest BCUT2D eigenvalue weighted by Crippen LogP contribution is 2.32. The molecule has 0 aliphatic heterocycles. The minimum Gasteiger partial charge on any atom is -0.478 e. The molecular formula is C23H24N2O2. The lowest BCUT2D eigenvalue weighted by atomic mass is 10.0. The molecule has 3 rings (SSSR count). The van der Waals surface area contributed by atoms with E-state index in [-0.39, 0.29) is 0 Å². The molecule has 0 amide bonds. The number of hydrogen-bond acceptors (Lipinski definition) is 3. The zero-order valence-corrected chi connectivity index (χ0v) is 15.7. The van der Waals surface area contributed by atoms with E-state index in [9.17, 15) is 9.90 Å². The highest BCUT2D eigenvalue weighted by molar-refractivity contribution is 5.95. The summed E-state index contributed by atoms with van der Waals surface area (Å²) in [6.45, 7) is 4.89. The summed E-state index contributed by atoms with van der Waals surface area (Å²) >= 11 is 0. The van der Waals surface area contributed by atoms with Crippen molar-refractivity contribution in [2.75, 3.05) is 11.4 Å². The quantitative estimate of drug-likeness (QED) is 0.632. The number of aromatic nitrogens is 1. The molecule has 0 saturated heterocycles. The van der Waals surface area contributed by atoms with Crippen LogP contribution in [0.5, 0.6) is 0 Å². The molecule has 0 atom stereocenters. The summed E-state index contributed by atoms with van der Waals surface area (Å²) in [6.07, 6.45) is 5.44. The maximum atomic E-state index is 11.8. The maximum absolute atomic E-state index is 11.8. The van der Waals surface area contributed by atoms with E-state index in [0.29, 0.717) is 5.56 Å². The van der Waals surface area contributed by atoms with Gasteiger partial charge in [0.15, 0.2) is 0 Å². The summed E-state index contributed by atoms with van der Waals surface area (Å²) in [5, 5.41) is 9.65. The van der Waals surface area contributed by atoms with Crippen LogP contribution in [0.1, 0.15) is 33.5 Å². The minimum atomic E-state index is -0.909. The van der Waals surface area contributed by atoms with E-state index in [4.69, 9.17) is 0 Å². The molecule has 0 fully saturated rings. The molecule has 1 aromatic heterocycles. The van der Waals surface area contributed by atoms with Crippen LogP contribution in [0.4, 0.5) is 11.4 Å². The van der Waals surface area contributed by atoms with Crippen molar-refractivity contribution >= 4 is 17.3 Å². The van der Waals surface area contributed by atoms with Gasteiger partial charge in [-0.3, -0.25) is 4.98 Å². The van der Waals surface area contributed by atoms with Gasteiger partial charge in [-0.1, -0.05) is 30.3 Å². The van der Waals surface area contributed by atoms with Crippen molar-refractivity contribution in [2.24, 2.45) is 0 Å². The first kappa shape index (κ1) is 18.6. The third-order valence-electron chi connectivity index (χ3n) is 4.86. The summed E-state index contributed by atoms with van der Waals surface area (Å²) in [4.78, 5) is 18.1. The third kappa shape index (κ3) is 4.34. The van der Waals surface area contributed by atoms with Crippen molar-refractivity contribution in [1.29, 1.82) is 0 Å². The molecule has 3 aromatic rings. The molecule has 4 heteroatoms. The Morgan fingerprint density at radius 1 is 1.00 bits per heavy atom. The Morgan fingerprint density at radius 2 is 1.78 bits per heavy atom. The van der Waals surface area contributed by atoms with Crippen molar-refractivity contribution in [1.82, 2.24) is 4.98 Å². The van der Waals surface area contributed by atoms with Crippen molar-refractivity contribution in [3.8, 4) is 0 Å². The minimum absolute atomic E-state index is 0.319. The van der Waals surface area contributed by atoms with Crippen LogP contribution >= 0.6 is 0 Å². The van der Waals surface area contributed by atoms with E-state index in [1.54, 1.807) is 18.3 Å². The zero-order chi connectivity index (χ0) is 19.2. The summed E-state index contributed by atoms with van der Waals surface area (Å²) in [7, 11) is 0. The molecular weight excluding hydrogens is 336 g/mol. The van der Waals surface area contributed by atoms with Crippen LogP contribution in [0, 0.1) is 13.8 Å². The lowest BCUT2D eigenvalue weighted by Crippen LogP contribution is -2.22. The summed E-state index contributed by atoms with van der Waals surface area (Å²) in [5.41, 5.74) is 5.64. The van der Waals surface area contributed by atoms with Crippen LogP contribution in [-0.2, 0) is 6.42 Å². The Morgan fingerprint density at radius 3 is 2.52 bits per heavy atom. The molecule has 2 aromatic carbocycles. The van der Waals surface area contributed by atoms with Gasteiger partial charge in [-0.05, 0) is 67.6 Å². The number of anilines is 2. The van der Waals surface area contributed by atoms with Gasteiger partial charge in [-0.15, -0.1) is 0 Å². The first-order chi connectivity index (χ1) is 13.1. The number of pyridine rings is 1. The van der Waals surface area contributed by atoms with Gasteiger partial charge >= 0.3 is 5.97 Å². The van der Waals surface area contributed by atoms with Crippen LogP contribution < -0.4 is 4.90 Å². The van der Waals surface area contributed by atoms with Crippen molar-refractivity contribution < 1.29 is 9.90 Å². The largest absolute Gasteiger partial charge is 0.478 e. The number of carbonyl (C=O) groups is 1. The number of aromatic carboxylic acids is 1. The number of carboxylic acid groups (broad SMARTS) is 1. The fourth-order valence-electron chi connectivity index (χ4n) is 3.28. The molecule has 0 saturated carbocycles. The second-order valence-electron chi connectivity index (χ2n) is 6.66. The van der Waals surface area contributed by atoms with E-state index >= 15 is 0 Å². The Labute approximate surface area is 160 Å². The number of para-hydroxylation sites is 1. The predicted octanol–water partition coefficient (Wildman–Crippen LogP) is 5.17. The number of carboxylic acids is 1. The maximum Gasteiger partial charge on any atom is 0.337 e. The number of nitrogens with zero attached hydrogens (tertiary/aromatic N) is 2. The van der Waals surface area contributed by atoms with Crippen molar-refractivity contribution in [3.63, 3.8) is 0 Å². The van der Waals surface area contributed by atoms with Gasteiger partial charge in [-0.2, -0.15) is 0 Å². The molecule has 1 N–H and O–H groups in total. The van der Waals surface area contributed by atoms with E-state index < -0.39 is 5.97 Å². The summed E-state index contributed by atoms with van der Waals surface area (Å²) < 4.78 is 0. The van der Waals surface area contributed by atoms with Crippen LogP contribution in [0.25, 0.3) is 0 Å². The van der Waals surface area contributed by atoms with Crippen molar-refractivity contribution in [2.45, 2.75) is 26.7 Å². The molecule has 138 valence electrons. The first-order valence-electron chi connectivity index (χ1n) is 9.13. The molecule has 4 nitrogen and oxygen atoms in total. The highest BCUT2D eigenvalue weighted by atomic mass is 16.4. The lowest BCUT2D eigenvalue weighted by molar-refractivity contribution is 0.0697. The molecule has 0 spiro atoms. The molecule has 0 unspecified atom stereocenters. The first-order valence-corrected chi connectivity index (χ1v) is 9.13. The van der Waals surface area contributed by atoms with Gasteiger partial charge in [0.25, 0.3) is 0 Å². The van der Waals surface area contributed by atoms with Gasteiger partial charge in [0.1, 0.15) is 0 Å². The Balaban J connectivity index is 1.94. The normalized spacial score (nSPS) is 10.6. The second-order valence-corrected chi connectivity index (χ2v) is 6.66. The molecule has 0 aliphatic rings. The van der Waals surface area contributed by atoms with Crippen LogP contribution in [-0.4, -0.2) is 22.6 Å². The average Bonchev–Trinajstić information content (AvgIpc) is 2.69. The standard InChI is InChI=1S/C23H24N2O2/c1-17-8-5-13-21(18(17)2)25(15-7-10-19-9-6-14-24-16-19)22-12-4-3-11-20(22)23(26)27/h3-6,8-9,11-14,16H,7,10,15H2,1-2H3,(H,26,27). The van der Waals surface area contributed by atoms with Gasteiger partial charge in [0.2, 0.25) is 0 Å². The van der Waals surface area contributed by atoms with Gasteiger partial charge in [0.05, 0.1) is 11.3 Å². The second kappa shape index (κ2) is 8.49. The number of hydrogen-bond donors (Lipinski definition) is 1. The molecule has 27 heavy (non-hydrogen) atoms. The smallest absolute Gasteiger partial charge is 0.337 e. The predicted molar refractivity (Wildman–Crippen MR) is 109 cm³/mol. The summed E-state index contributed by atoms with van der Waals surface area (Å²) in [6, 6.07) is 17.4. The third-order valence-corrected chi connectivity index (χ3v) is 4.86. The summed E-state index contributed by atoms with van der Waals surface area (Å²) in [5.74, 6) is -0.909. The van der Waals surface area contributed by atoms with Crippen LogP contribution in [0.3, 0.4) is 0 Å². The fourth-order valence-corrected chi connectivity index (χ4v) is 3.28. The van der Waals surface area contributed by atoms with Crippen LogP contribution in [0.15, 0.2) is 67.0 Å². The SMILES string of the molecule is Cc1cccc(N(CCCc2cccnc2)c2ccccc2C(=O)O)c1C. The number of rotatable bonds is 7. The fraction of sp³-hybridized carbons (Fsp3) is 0.217. The van der Waals surface area contributed by atoms with Gasteiger partial charge in [0, 0.05) is 24.6 Å².